The Morgan fingerprint density at radius 2 is 2.13 bits per heavy atom. The average molecular weight is 444 g/mol. The molecule has 0 bridgehead atoms. The van der Waals surface area contributed by atoms with Gasteiger partial charge in [-0.1, -0.05) is 23.7 Å². The fourth-order valence-corrected chi connectivity index (χ4v) is 4.52. The molecule has 1 aromatic carbocycles. The molecule has 1 aliphatic heterocycles. The fraction of sp³-hybridized carbons (Fsp3) is 0.318. The molecule has 0 spiro atoms. The number of benzene rings is 1. The lowest BCUT2D eigenvalue weighted by Crippen LogP contribution is -2.43. The standard InChI is InChI=1S/C22H22ClN3O3S/c1-2-29-22(28)15-6-4-10-25(14-15)21(27)19-13-18(20-9-5-11-30-20)24-26(19)17-8-3-7-16(23)12-17/h3,5,7-9,11-13,15H,2,4,6,10,14H2,1H3. The van der Waals surface area contributed by atoms with Gasteiger partial charge in [0.1, 0.15) is 11.4 Å². The molecule has 2 aromatic heterocycles. The van der Waals surface area contributed by atoms with Crippen LogP contribution < -0.4 is 0 Å². The number of carbonyl (C=O) groups is 2. The Morgan fingerprint density at radius 1 is 1.27 bits per heavy atom. The van der Waals surface area contributed by atoms with Crippen LogP contribution in [0, 0.1) is 5.92 Å². The smallest absolute Gasteiger partial charge is 0.310 e. The Morgan fingerprint density at radius 3 is 2.87 bits per heavy atom. The number of amides is 1. The van der Waals surface area contributed by atoms with Crippen molar-refractivity contribution >= 4 is 34.8 Å². The number of nitrogens with zero attached hydrogens (tertiary/aromatic N) is 3. The summed E-state index contributed by atoms with van der Waals surface area (Å²) in [5, 5.41) is 7.24. The van der Waals surface area contributed by atoms with Crippen molar-refractivity contribution < 1.29 is 14.3 Å². The number of ether oxygens (including phenoxy) is 1. The Kier molecular flexibility index (Phi) is 6.20. The van der Waals surface area contributed by atoms with Crippen molar-refractivity contribution in [3.63, 3.8) is 0 Å². The molecule has 0 N–H and O–H groups in total. The summed E-state index contributed by atoms with van der Waals surface area (Å²) in [7, 11) is 0. The molecule has 0 aliphatic carbocycles. The molecule has 0 radical (unpaired) electrons. The lowest BCUT2D eigenvalue weighted by atomic mass is 9.98. The minimum absolute atomic E-state index is 0.153. The molecule has 6 nitrogen and oxygen atoms in total. The number of thiophene rings is 1. The number of hydrogen-bond acceptors (Lipinski definition) is 5. The monoisotopic (exact) mass is 443 g/mol. The van der Waals surface area contributed by atoms with Crippen molar-refractivity contribution in [1.29, 1.82) is 0 Å². The summed E-state index contributed by atoms with van der Waals surface area (Å²) in [5.41, 5.74) is 1.89. The largest absolute Gasteiger partial charge is 0.466 e. The number of rotatable bonds is 5. The highest BCUT2D eigenvalue weighted by atomic mass is 35.5. The molecular formula is C22H22ClN3O3S. The molecule has 1 unspecified atom stereocenters. The van der Waals surface area contributed by atoms with Crippen LogP contribution in [-0.2, 0) is 9.53 Å². The van der Waals surface area contributed by atoms with E-state index < -0.39 is 0 Å². The topological polar surface area (TPSA) is 64.4 Å². The third kappa shape index (κ3) is 4.27. The number of likely N-dealkylation sites (tertiary alicyclic amines) is 1. The summed E-state index contributed by atoms with van der Waals surface area (Å²) in [4.78, 5) is 28.4. The summed E-state index contributed by atoms with van der Waals surface area (Å²) < 4.78 is 6.80. The first-order valence-corrected chi connectivity index (χ1v) is 11.2. The van der Waals surface area contributed by atoms with E-state index in [-0.39, 0.29) is 17.8 Å². The van der Waals surface area contributed by atoms with Gasteiger partial charge in [-0.05, 0) is 55.5 Å². The van der Waals surface area contributed by atoms with E-state index in [1.807, 2.05) is 35.7 Å². The molecule has 1 saturated heterocycles. The van der Waals surface area contributed by atoms with Crippen LogP contribution >= 0.6 is 22.9 Å². The van der Waals surface area contributed by atoms with Gasteiger partial charge >= 0.3 is 5.97 Å². The maximum absolute atomic E-state index is 13.5. The van der Waals surface area contributed by atoms with Crippen molar-refractivity contribution in [3.8, 4) is 16.3 Å². The van der Waals surface area contributed by atoms with Crippen LogP contribution in [0.15, 0.2) is 47.8 Å². The van der Waals surface area contributed by atoms with Crippen LogP contribution in [0.5, 0.6) is 0 Å². The summed E-state index contributed by atoms with van der Waals surface area (Å²) in [6.07, 6.45) is 1.49. The van der Waals surface area contributed by atoms with Gasteiger partial charge in [0, 0.05) is 18.1 Å². The van der Waals surface area contributed by atoms with Gasteiger partial charge in [0.25, 0.3) is 5.91 Å². The van der Waals surface area contributed by atoms with Gasteiger partial charge in [-0.15, -0.1) is 11.3 Å². The van der Waals surface area contributed by atoms with E-state index in [1.54, 1.807) is 40.0 Å². The predicted molar refractivity (Wildman–Crippen MR) is 117 cm³/mol. The summed E-state index contributed by atoms with van der Waals surface area (Å²) in [5.74, 6) is -0.682. The van der Waals surface area contributed by atoms with E-state index in [1.165, 1.54) is 0 Å². The third-order valence-corrected chi connectivity index (χ3v) is 6.21. The lowest BCUT2D eigenvalue weighted by molar-refractivity contribution is -0.149. The van der Waals surface area contributed by atoms with Gasteiger partial charge in [0.2, 0.25) is 0 Å². The van der Waals surface area contributed by atoms with Gasteiger partial charge < -0.3 is 9.64 Å². The van der Waals surface area contributed by atoms with Crippen molar-refractivity contribution in [1.82, 2.24) is 14.7 Å². The van der Waals surface area contributed by atoms with Gasteiger partial charge in [-0.3, -0.25) is 9.59 Å². The van der Waals surface area contributed by atoms with E-state index in [2.05, 4.69) is 0 Å². The Bertz CT molecular complexity index is 1050. The molecule has 0 saturated carbocycles. The number of esters is 1. The van der Waals surface area contributed by atoms with E-state index in [0.717, 1.165) is 23.4 Å². The zero-order valence-corrected chi connectivity index (χ0v) is 18.2. The summed E-state index contributed by atoms with van der Waals surface area (Å²) in [6.45, 7) is 3.09. The first kappa shape index (κ1) is 20.6. The minimum Gasteiger partial charge on any atom is -0.466 e. The first-order chi connectivity index (χ1) is 14.6. The predicted octanol–water partition coefficient (Wildman–Crippen LogP) is 4.67. The highest BCUT2D eigenvalue weighted by Gasteiger charge is 2.31. The molecule has 8 heteroatoms. The molecule has 3 heterocycles. The Balaban J connectivity index is 1.68. The van der Waals surface area contributed by atoms with Crippen LogP contribution in [0.1, 0.15) is 30.3 Å². The van der Waals surface area contributed by atoms with Gasteiger partial charge in [0.05, 0.1) is 23.1 Å². The third-order valence-electron chi connectivity index (χ3n) is 5.08. The number of carbonyl (C=O) groups excluding carboxylic acids is 2. The van der Waals surface area contributed by atoms with Crippen molar-refractivity contribution in [2.75, 3.05) is 19.7 Å². The van der Waals surface area contributed by atoms with Gasteiger partial charge in [-0.25, -0.2) is 4.68 Å². The van der Waals surface area contributed by atoms with Gasteiger partial charge in [-0.2, -0.15) is 5.10 Å². The molecule has 1 atom stereocenters. The van der Waals surface area contributed by atoms with Crippen molar-refractivity contribution in [2.45, 2.75) is 19.8 Å². The second-order valence-corrected chi connectivity index (χ2v) is 8.51. The van der Waals surface area contributed by atoms with Crippen LogP contribution in [0.3, 0.4) is 0 Å². The van der Waals surface area contributed by atoms with E-state index >= 15 is 0 Å². The van der Waals surface area contributed by atoms with Crippen LogP contribution in [0.2, 0.25) is 5.02 Å². The maximum atomic E-state index is 13.5. The zero-order chi connectivity index (χ0) is 21.1. The molecule has 3 aromatic rings. The number of aromatic nitrogens is 2. The number of hydrogen-bond donors (Lipinski definition) is 0. The summed E-state index contributed by atoms with van der Waals surface area (Å²) in [6, 6.07) is 13.0. The average Bonchev–Trinajstić information content (AvgIpc) is 3.43. The molecule has 1 amide bonds. The van der Waals surface area contributed by atoms with Crippen LogP contribution in [0.4, 0.5) is 0 Å². The molecule has 1 aliphatic rings. The van der Waals surface area contributed by atoms with Crippen LogP contribution in [-0.4, -0.2) is 46.3 Å². The number of halogens is 1. The lowest BCUT2D eigenvalue weighted by Gasteiger charge is -2.31. The van der Waals surface area contributed by atoms with Gasteiger partial charge in [0.15, 0.2) is 0 Å². The summed E-state index contributed by atoms with van der Waals surface area (Å²) >= 11 is 7.75. The maximum Gasteiger partial charge on any atom is 0.310 e. The van der Waals surface area contributed by atoms with E-state index in [0.29, 0.717) is 36.1 Å². The quantitative estimate of drug-likeness (QED) is 0.537. The highest BCUT2D eigenvalue weighted by Crippen LogP contribution is 2.28. The Hall–Kier alpha value is -2.64. The fourth-order valence-electron chi connectivity index (χ4n) is 3.66. The van der Waals surface area contributed by atoms with Crippen LogP contribution in [0.25, 0.3) is 16.3 Å². The van der Waals surface area contributed by atoms with E-state index in [4.69, 9.17) is 21.4 Å². The molecule has 1 fully saturated rings. The van der Waals surface area contributed by atoms with E-state index in [9.17, 15) is 9.59 Å². The minimum atomic E-state index is -0.290. The first-order valence-electron chi connectivity index (χ1n) is 9.92. The Labute approximate surface area is 184 Å². The molecule has 156 valence electrons. The molecule has 30 heavy (non-hydrogen) atoms. The normalized spacial score (nSPS) is 16.5. The van der Waals surface area contributed by atoms with Crippen molar-refractivity contribution in [2.24, 2.45) is 5.92 Å². The number of piperidine rings is 1. The van der Waals surface area contributed by atoms with Crippen molar-refractivity contribution in [3.05, 3.63) is 58.6 Å². The zero-order valence-electron chi connectivity index (χ0n) is 16.6. The molecular weight excluding hydrogens is 422 g/mol. The second kappa shape index (κ2) is 9.02. The molecule has 4 rings (SSSR count). The highest BCUT2D eigenvalue weighted by molar-refractivity contribution is 7.13. The SMILES string of the molecule is CCOC(=O)C1CCCN(C(=O)c2cc(-c3cccs3)nn2-c2cccc(Cl)c2)C1. The second-order valence-electron chi connectivity index (χ2n) is 7.13.